The van der Waals surface area contributed by atoms with Crippen molar-refractivity contribution in [2.75, 3.05) is 0 Å². The van der Waals surface area contributed by atoms with Crippen molar-refractivity contribution in [3.05, 3.63) is 22.4 Å². The van der Waals surface area contributed by atoms with E-state index in [-0.39, 0.29) is 0 Å². The van der Waals surface area contributed by atoms with E-state index in [0.717, 1.165) is 12.6 Å². The van der Waals surface area contributed by atoms with Crippen LogP contribution < -0.4 is 5.73 Å². The molecule has 17 heavy (non-hydrogen) atoms. The maximum absolute atomic E-state index is 5.99. The van der Waals surface area contributed by atoms with E-state index in [4.69, 9.17) is 5.73 Å². The van der Waals surface area contributed by atoms with Gasteiger partial charge >= 0.3 is 0 Å². The first-order chi connectivity index (χ1) is 8.16. The molecule has 0 radical (unpaired) electrons. The molecule has 0 spiro atoms. The minimum absolute atomic E-state index is 0.446. The Labute approximate surface area is 109 Å². The Morgan fingerprint density at radius 1 is 1.35 bits per heavy atom. The third kappa shape index (κ3) is 3.54. The number of thiophene rings is 1. The highest BCUT2D eigenvalue weighted by Crippen LogP contribution is 2.26. The van der Waals surface area contributed by atoms with Crippen LogP contribution in [0, 0.1) is 0 Å². The van der Waals surface area contributed by atoms with Crippen LogP contribution in [0.1, 0.15) is 44.4 Å². The quantitative estimate of drug-likeness (QED) is 0.891. The number of hydrogen-bond donors (Lipinski definition) is 1. The Hall–Kier alpha value is -0.380. The van der Waals surface area contributed by atoms with Gasteiger partial charge in [0, 0.05) is 29.5 Å². The lowest BCUT2D eigenvalue weighted by atomic mass is 9.90. The topological polar surface area (TPSA) is 29.3 Å². The first-order valence-electron chi connectivity index (χ1n) is 6.70. The van der Waals surface area contributed by atoms with E-state index in [1.165, 1.54) is 30.6 Å². The summed E-state index contributed by atoms with van der Waals surface area (Å²) in [5, 5.41) is 2.17. The number of hydrogen-bond acceptors (Lipinski definition) is 3. The lowest BCUT2D eigenvalue weighted by Crippen LogP contribution is -2.43. The average Bonchev–Trinajstić information content (AvgIpc) is 2.80. The molecule has 2 nitrogen and oxygen atoms in total. The van der Waals surface area contributed by atoms with E-state index in [1.807, 2.05) is 11.3 Å². The van der Waals surface area contributed by atoms with Crippen LogP contribution in [-0.4, -0.2) is 23.0 Å². The molecule has 1 fully saturated rings. The number of nitrogens with two attached hydrogens (primary N) is 1. The molecule has 2 rings (SSSR count). The predicted molar refractivity (Wildman–Crippen MR) is 75.2 cm³/mol. The zero-order valence-electron chi connectivity index (χ0n) is 10.9. The van der Waals surface area contributed by atoms with Gasteiger partial charge in [-0.25, -0.2) is 0 Å². The number of rotatable bonds is 4. The lowest BCUT2D eigenvalue weighted by molar-refractivity contribution is 0.109. The van der Waals surface area contributed by atoms with Gasteiger partial charge in [0.15, 0.2) is 0 Å². The van der Waals surface area contributed by atoms with Crippen molar-refractivity contribution < 1.29 is 0 Å². The maximum atomic E-state index is 5.99. The van der Waals surface area contributed by atoms with Gasteiger partial charge in [0.1, 0.15) is 0 Å². The first kappa shape index (κ1) is 13.1. The Kier molecular flexibility index (Phi) is 4.60. The summed E-state index contributed by atoms with van der Waals surface area (Å²) in [5.74, 6) is 0. The molecule has 0 atom stereocenters. The summed E-state index contributed by atoms with van der Waals surface area (Å²) in [6.45, 7) is 5.72. The summed E-state index contributed by atoms with van der Waals surface area (Å²) in [6, 6.07) is 6.19. The van der Waals surface area contributed by atoms with Crippen molar-refractivity contribution in [3.8, 4) is 0 Å². The summed E-state index contributed by atoms with van der Waals surface area (Å²) < 4.78 is 0. The normalized spacial score (nSPS) is 25.7. The molecular formula is C14H24N2S. The molecule has 0 amide bonds. The lowest BCUT2D eigenvalue weighted by Gasteiger charge is -2.38. The second-order valence-corrected chi connectivity index (χ2v) is 6.45. The van der Waals surface area contributed by atoms with Gasteiger partial charge in [0.2, 0.25) is 0 Å². The summed E-state index contributed by atoms with van der Waals surface area (Å²) in [7, 11) is 0. The molecule has 3 heteroatoms. The summed E-state index contributed by atoms with van der Waals surface area (Å²) >= 11 is 1.87. The molecule has 0 bridgehead atoms. The molecule has 96 valence electrons. The SMILES string of the molecule is CC(C)N(Cc1cccs1)C1CCC(N)CC1. The van der Waals surface area contributed by atoms with E-state index < -0.39 is 0 Å². The molecule has 1 aliphatic carbocycles. The van der Waals surface area contributed by atoms with Crippen LogP contribution in [0.4, 0.5) is 0 Å². The monoisotopic (exact) mass is 252 g/mol. The average molecular weight is 252 g/mol. The standard InChI is InChI=1S/C14H24N2S/c1-11(2)16(10-14-4-3-9-17-14)13-7-5-12(15)6-8-13/h3-4,9,11-13H,5-8,10,15H2,1-2H3. The minimum atomic E-state index is 0.446. The van der Waals surface area contributed by atoms with E-state index >= 15 is 0 Å². The molecule has 0 aromatic carbocycles. The third-order valence-corrected chi connectivity index (χ3v) is 4.65. The zero-order valence-corrected chi connectivity index (χ0v) is 11.7. The zero-order chi connectivity index (χ0) is 12.3. The van der Waals surface area contributed by atoms with Crippen LogP contribution in [0.3, 0.4) is 0 Å². The molecule has 1 aromatic heterocycles. The molecule has 1 aliphatic rings. The predicted octanol–water partition coefficient (Wildman–Crippen LogP) is 3.23. The Balaban J connectivity index is 1.97. The van der Waals surface area contributed by atoms with E-state index in [1.54, 1.807) is 0 Å². The van der Waals surface area contributed by atoms with Crippen LogP contribution in [0.5, 0.6) is 0 Å². The van der Waals surface area contributed by atoms with Crippen LogP contribution in [0.25, 0.3) is 0 Å². The minimum Gasteiger partial charge on any atom is -0.328 e. The van der Waals surface area contributed by atoms with Crippen molar-refractivity contribution in [1.29, 1.82) is 0 Å². The van der Waals surface area contributed by atoms with Crippen LogP contribution >= 0.6 is 11.3 Å². The van der Waals surface area contributed by atoms with Crippen LogP contribution in [-0.2, 0) is 6.54 Å². The molecule has 0 saturated heterocycles. The fourth-order valence-electron chi connectivity index (χ4n) is 2.75. The van der Waals surface area contributed by atoms with Crippen LogP contribution in [0.2, 0.25) is 0 Å². The highest BCUT2D eigenvalue weighted by atomic mass is 32.1. The summed E-state index contributed by atoms with van der Waals surface area (Å²) in [6.07, 6.45) is 4.92. The van der Waals surface area contributed by atoms with Gasteiger partial charge in [0.25, 0.3) is 0 Å². The van der Waals surface area contributed by atoms with Crippen molar-refractivity contribution in [1.82, 2.24) is 4.90 Å². The highest BCUT2D eigenvalue weighted by Gasteiger charge is 2.26. The highest BCUT2D eigenvalue weighted by molar-refractivity contribution is 7.09. The second kappa shape index (κ2) is 5.98. The Morgan fingerprint density at radius 3 is 2.59 bits per heavy atom. The second-order valence-electron chi connectivity index (χ2n) is 5.41. The van der Waals surface area contributed by atoms with Gasteiger partial charge in [-0.15, -0.1) is 11.3 Å². The van der Waals surface area contributed by atoms with Crippen molar-refractivity contribution in [2.24, 2.45) is 5.73 Å². The Bertz CT molecular complexity index is 313. The first-order valence-corrected chi connectivity index (χ1v) is 7.58. The maximum Gasteiger partial charge on any atom is 0.0333 e. The van der Waals surface area contributed by atoms with Crippen molar-refractivity contribution >= 4 is 11.3 Å². The van der Waals surface area contributed by atoms with Gasteiger partial charge in [-0.3, -0.25) is 4.90 Å². The smallest absolute Gasteiger partial charge is 0.0333 e. The summed E-state index contributed by atoms with van der Waals surface area (Å²) in [4.78, 5) is 4.13. The molecule has 1 heterocycles. The van der Waals surface area contributed by atoms with Crippen LogP contribution in [0.15, 0.2) is 17.5 Å². The van der Waals surface area contributed by atoms with Crippen molar-refractivity contribution in [3.63, 3.8) is 0 Å². The number of nitrogens with zero attached hydrogens (tertiary/aromatic N) is 1. The molecular weight excluding hydrogens is 228 g/mol. The van der Waals surface area contributed by atoms with Gasteiger partial charge in [-0.05, 0) is 51.0 Å². The molecule has 0 aliphatic heterocycles. The molecule has 2 N–H and O–H groups in total. The van der Waals surface area contributed by atoms with Gasteiger partial charge < -0.3 is 5.73 Å². The van der Waals surface area contributed by atoms with Gasteiger partial charge in [-0.1, -0.05) is 6.07 Å². The van der Waals surface area contributed by atoms with Gasteiger partial charge in [0.05, 0.1) is 0 Å². The summed E-state index contributed by atoms with van der Waals surface area (Å²) in [5.41, 5.74) is 5.99. The molecule has 0 unspecified atom stereocenters. The van der Waals surface area contributed by atoms with E-state index in [9.17, 15) is 0 Å². The van der Waals surface area contributed by atoms with E-state index in [2.05, 4.69) is 36.3 Å². The van der Waals surface area contributed by atoms with Gasteiger partial charge in [-0.2, -0.15) is 0 Å². The third-order valence-electron chi connectivity index (χ3n) is 3.79. The fourth-order valence-corrected chi connectivity index (χ4v) is 3.46. The van der Waals surface area contributed by atoms with Crippen molar-refractivity contribution in [2.45, 2.75) is 64.2 Å². The van der Waals surface area contributed by atoms with E-state index in [0.29, 0.717) is 12.1 Å². The molecule has 1 saturated carbocycles. The molecule has 1 aromatic rings. The Morgan fingerprint density at radius 2 is 2.06 bits per heavy atom. The fraction of sp³-hybridized carbons (Fsp3) is 0.714. The largest absolute Gasteiger partial charge is 0.328 e.